The summed E-state index contributed by atoms with van der Waals surface area (Å²) < 4.78 is 5.90. The molecule has 1 heterocycles. The zero-order valence-electron chi connectivity index (χ0n) is 15.7. The van der Waals surface area contributed by atoms with Crippen LogP contribution in [0.4, 0.5) is 4.79 Å². The van der Waals surface area contributed by atoms with Gasteiger partial charge in [-0.2, -0.15) is 0 Å². The average molecular weight is 445 g/mol. The van der Waals surface area contributed by atoms with Gasteiger partial charge in [0.25, 0.3) is 5.91 Å². The summed E-state index contributed by atoms with van der Waals surface area (Å²) in [6.07, 6.45) is 1.05. The van der Waals surface area contributed by atoms with Crippen LogP contribution in [0.15, 0.2) is 53.0 Å². The number of benzene rings is 2. The Morgan fingerprint density at radius 2 is 1.89 bits per heavy atom. The van der Waals surface area contributed by atoms with Crippen molar-refractivity contribution in [2.45, 2.75) is 25.3 Å². The lowest BCUT2D eigenvalue weighted by molar-refractivity contribution is -0.130. The van der Waals surface area contributed by atoms with E-state index < -0.39 is 11.6 Å². The maximum absolute atomic E-state index is 12.9. The summed E-state index contributed by atoms with van der Waals surface area (Å²) in [4.78, 5) is 38.7. The Morgan fingerprint density at radius 3 is 2.54 bits per heavy atom. The van der Waals surface area contributed by atoms with E-state index in [2.05, 4.69) is 21.2 Å². The number of nitrogens with one attached hydrogen (secondary N) is 1. The second kappa shape index (κ2) is 8.14. The van der Waals surface area contributed by atoms with Crippen LogP contribution in [0.5, 0.6) is 5.75 Å². The number of nitrogens with zero attached hydrogens (tertiary/aromatic N) is 1. The van der Waals surface area contributed by atoms with Crippen LogP contribution < -0.4 is 10.1 Å². The van der Waals surface area contributed by atoms with E-state index in [4.69, 9.17) is 4.74 Å². The Hall–Kier alpha value is -2.67. The number of imide groups is 1. The number of ketones is 1. The van der Waals surface area contributed by atoms with Crippen molar-refractivity contribution in [1.82, 2.24) is 10.2 Å². The second-order valence-electron chi connectivity index (χ2n) is 6.94. The third-order valence-corrected chi connectivity index (χ3v) is 5.36. The lowest BCUT2D eigenvalue weighted by Gasteiger charge is -2.21. The summed E-state index contributed by atoms with van der Waals surface area (Å²) in [5, 5.41) is 2.74. The fourth-order valence-electron chi connectivity index (χ4n) is 3.14. The van der Waals surface area contributed by atoms with Gasteiger partial charge in [0.2, 0.25) is 0 Å². The monoisotopic (exact) mass is 444 g/mol. The molecule has 0 aliphatic carbocycles. The minimum absolute atomic E-state index is 0.279. The summed E-state index contributed by atoms with van der Waals surface area (Å²) >= 11 is 3.32. The minimum Gasteiger partial charge on any atom is -0.497 e. The first-order chi connectivity index (χ1) is 13.3. The van der Waals surface area contributed by atoms with Crippen molar-refractivity contribution in [2.75, 3.05) is 13.7 Å². The maximum atomic E-state index is 12.9. The molecule has 0 saturated carbocycles. The molecule has 1 fully saturated rings. The standard InChI is InChI=1S/C21H21BrN2O4/c1-21(11-10-14-6-8-17(28-2)9-7-14)19(26)24(20(27)23-21)13-18(25)15-4-3-5-16(22)12-15/h3-9,12H,10-11,13H2,1-2H3,(H,23,27)/t21-/m1/s1. The molecule has 1 saturated heterocycles. The Labute approximate surface area is 172 Å². The van der Waals surface area contributed by atoms with Crippen LogP contribution in [0.1, 0.15) is 29.3 Å². The van der Waals surface area contributed by atoms with Crippen molar-refractivity contribution in [3.8, 4) is 5.75 Å². The van der Waals surface area contributed by atoms with Gasteiger partial charge in [0.05, 0.1) is 13.7 Å². The van der Waals surface area contributed by atoms with Crippen LogP contribution in [0.25, 0.3) is 0 Å². The zero-order chi connectivity index (χ0) is 20.3. The molecule has 6 nitrogen and oxygen atoms in total. The molecule has 2 aromatic rings. The van der Waals surface area contributed by atoms with Gasteiger partial charge in [0, 0.05) is 10.0 Å². The predicted molar refractivity (Wildman–Crippen MR) is 108 cm³/mol. The van der Waals surface area contributed by atoms with Gasteiger partial charge in [-0.25, -0.2) is 4.79 Å². The first-order valence-electron chi connectivity index (χ1n) is 8.88. The summed E-state index contributed by atoms with van der Waals surface area (Å²) in [6, 6.07) is 13.9. The summed E-state index contributed by atoms with van der Waals surface area (Å²) in [6.45, 7) is 1.42. The van der Waals surface area contributed by atoms with E-state index in [-0.39, 0.29) is 18.2 Å². The normalized spacial score (nSPS) is 18.9. The number of carbonyl (C=O) groups excluding carboxylic acids is 3. The second-order valence-corrected chi connectivity index (χ2v) is 7.85. The fourth-order valence-corrected chi connectivity index (χ4v) is 3.54. The van der Waals surface area contributed by atoms with E-state index in [9.17, 15) is 14.4 Å². The lowest BCUT2D eigenvalue weighted by atomic mass is 9.93. The number of aryl methyl sites for hydroxylation is 1. The molecule has 0 aromatic heterocycles. The molecule has 28 heavy (non-hydrogen) atoms. The molecule has 0 unspecified atom stereocenters. The van der Waals surface area contributed by atoms with E-state index in [1.807, 2.05) is 24.3 Å². The minimum atomic E-state index is -1.03. The number of amides is 3. The van der Waals surface area contributed by atoms with E-state index in [0.717, 1.165) is 20.7 Å². The van der Waals surface area contributed by atoms with Gasteiger partial charge in [-0.3, -0.25) is 14.5 Å². The SMILES string of the molecule is COc1ccc(CC[C@@]2(C)NC(=O)N(CC(=O)c3cccc(Br)c3)C2=O)cc1. The molecule has 146 valence electrons. The third-order valence-electron chi connectivity index (χ3n) is 4.87. The Bertz CT molecular complexity index is 913. The number of urea groups is 1. The molecular formula is C21H21BrN2O4. The summed E-state index contributed by atoms with van der Waals surface area (Å²) in [5.74, 6) is 0.0935. The van der Waals surface area contributed by atoms with Crippen molar-refractivity contribution in [3.05, 3.63) is 64.1 Å². The number of Topliss-reactive ketones (excluding diaryl/α,β-unsaturated/α-hetero) is 1. The molecule has 0 radical (unpaired) electrons. The lowest BCUT2D eigenvalue weighted by Crippen LogP contribution is -2.44. The summed E-state index contributed by atoms with van der Waals surface area (Å²) in [5.41, 5.74) is 0.448. The fraction of sp³-hybridized carbons (Fsp3) is 0.286. The Morgan fingerprint density at radius 1 is 1.18 bits per heavy atom. The Balaban J connectivity index is 1.66. The number of ether oxygens (including phenoxy) is 1. The van der Waals surface area contributed by atoms with Crippen LogP contribution in [0.3, 0.4) is 0 Å². The van der Waals surface area contributed by atoms with E-state index >= 15 is 0 Å². The van der Waals surface area contributed by atoms with E-state index in [1.165, 1.54) is 0 Å². The van der Waals surface area contributed by atoms with Crippen LogP contribution in [0.2, 0.25) is 0 Å². The smallest absolute Gasteiger partial charge is 0.325 e. The molecule has 1 aliphatic heterocycles. The molecule has 1 atom stereocenters. The van der Waals surface area contributed by atoms with Gasteiger partial charge in [0.15, 0.2) is 5.78 Å². The van der Waals surface area contributed by atoms with E-state index in [0.29, 0.717) is 18.4 Å². The highest BCUT2D eigenvalue weighted by atomic mass is 79.9. The van der Waals surface area contributed by atoms with Crippen LogP contribution in [-0.2, 0) is 11.2 Å². The maximum Gasteiger partial charge on any atom is 0.325 e. The molecule has 1 N–H and O–H groups in total. The number of hydrogen-bond donors (Lipinski definition) is 1. The summed E-state index contributed by atoms with van der Waals surface area (Å²) in [7, 11) is 1.60. The zero-order valence-corrected chi connectivity index (χ0v) is 17.3. The predicted octanol–water partition coefficient (Wildman–Crippen LogP) is 3.58. The number of carbonyl (C=O) groups is 3. The highest BCUT2D eigenvalue weighted by molar-refractivity contribution is 9.10. The first kappa shape index (κ1) is 20.1. The van der Waals surface area contributed by atoms with Crippen molar-refractivity contribution >= 4 is 33.7 Å². The van der Waals surface area contributed by atoms with Crippen molar-refractivity contribution in [1.29, 1.82) is 0 Å². The molecular weight excluding hydrogens is 424 g/mol. The first-order valence-corrected chi connectivity index (χ1v) is 9.67. The number of halogens is 1. The van der Waals surface area contributed by atoms with Crippen LogP contribution in [-0.4, -0.2) is 41.8 Å². The Kier molecular flexibility index (Phi) is 5.84. The quantitative estimate of drug-likeness (QED) is 0.522. The van der Waals surface area contributed by atoms with Crippen molar-refractivity contribution in [2.24, 2.45) is 0 Å². The van der Waals surface area contributed by atoms with Crippen molar-refractivity contribution in [3.63, 3.8) is 0 Å². The highest BCUT2D eigenvalue weighted by Gasteiger charge is 2.47. The van der Waals surface area contributed by atoms with Crippen LogP contribution >= 0.6 is 15.9 Å². The molecule has 3 amide bonds. The van der Waals surface area contributed by atoms with Gasteiger partial charge in [-0.1, -0.05) is 40.2 Å². The van der Waals surface area contributed by atoms with Crippen molar-refractivity contribution < 1.29 is 19.1 Å². The van der Waals surface area contributed by atoms with Gasteiger partial charge < -0.3 is 10.1 Å². The molecule has 7 heteroatoms. The van der Waals surface area contributed by atoms with Gasteiger partial charge in [0.1, 0.15) is 11.3 Å². The largest absolute Gasteiger partial charge is 0.497 e. The molecule has 0 bridgehead atoms. The van der Waals surface area contributed by atoms with E-state index in [1.54, 1.807) is 38.3 Å². The molecule has 1 aliphatic rings. The average Bonchev–Trinajstić information content (AvgIpc) is 2.90. The number of methoxy groups -OCH3 is 1. The highest BCUT2D eigenvalue weighted by Crippen LogP contribution is 2.24. The number of hydrogen-bond acceptors (Lipinski definition) is 4. The number of rotatable bonds is 7. The topological polar surface area (TPSA) is 75.7 Å². The molecule has 3 rings (SSSR count). The van der Waals surface area contributed by atoms with Gasteiger partial charge >= 0.3 is 6.03 Å². The molecule has 2 aromatic carbocycles. The molecule has 0 spiro atoms. The van der Waals surface area contributed by atoms with Gasteiger partial charge in [-0.15, -0.1) is 0 Å². The van der Waals surface area contributed by atoms with Crippen LogP contribution in [0, 0.1) is 0 Å². The third kappa shape index (κ3) is 4.25. The van der Waals surface area contributed by atoms with Gasteiger partial charge in [-0.05, 0) is 49.6 Å².